The van der Waals surface area contributed by atoms with Crippen LogP contribution in [0.5, 0.6) is 0 Å². The highest BCUT2D eigenvalue weighted by Crippen LogP contribution is 2.45. The quantitative estimate of drug-likeness (QED) is 0.261. The molecule has 0 radical (unpaired) electrons. The Morgan fingerprint density at radius 3 is 2.62 bits per heavy atom. The molecule has 0 saturated heterocycles. The first-order chi connectivity index (χ1) is 7.44. The molecule has 6 nitrogen and oxygen atoms in total. The highest BCUT2D eigenvalue weighted by molar-refractivity contribution is 7.84. The van der Waals surface area contributed by atoms with Crippen molar-refractivity contribution in [3.63, 3.8) is 0 Å². The monoisotopic (exact) mass is 247 g/mol. The van der Waals surface area contributed by atoms with Crippen LogP contribution >= 0.6 is 0 Å². The van der Waals surface area contributed by atoms with Crippen molar-refractivity contribution < 1.29 is 14.2 Å². The van der Waals surface area contributed by atoms with Gasteiger partial charge in [0.15, 0.2) is 5.84 Å². The smallest absolute Gasteiger partial charge is 0.233 e. The standard InChI is InChI=1S/C9H17N3O3S/c1-6(16(2)15)5-11-8(13)9(3-4-9)7(10)12-14/h6,14H,3-5H2,1-2H3,(H2,10,12)(H,11,13). The first kappa shape index (κ1) is 13.0. The number of carbonyl (C=O) groups is 1. The molecule has 92 valence electrons. The number of nitrogens with one attached hydrogen (secondary N) is 1. The molecule has 0 aliphatic heterocycles. The van der Waals surface area contributed by atoms with Gasteiger partial charge in [-0.15, -0.1) is 0 Å². The zero-order valence-electron chi connectivity index (χ0n) is 9.40. The van der Waals surface area contributed by atoms with Gasteiger partial charge in [-0.2, -0.15) is 0 Å². The number of rotatable bonds is 5. The lowest BCUT2D eigenvalue weighted by Crippen LogP contribution is -2.43. The van der Waals surface area contributed by atoms with E-state index in [0.29, 0.717) is 19.4 Å². The van der Waals surface area contributed by atoms with E-state index in [4.69, 9.17) is 10.9 Å². The minimum Gasteiger partial charge on any atom is -0.409 e. The lowest BCUT2D eigenvalue weighted by molar-refractivity contribution is -0.124. The van der Waals surface area contributed by atoms with Crippen LogP contribution in [0.15, 0.2) is 5.16 Å². The van der Waals surface area contributed by atoms with Crippen molar-refractivity contribution in [2.75, 3.05) is 12.8 Å². The maximum absolute atomic E-state index is 11.8. The van der Waals surface area contributed by atoms with E-state index in [9.17, 15) is 9.00 Å². The summed E-state index contributed by atoms with van der Waals surface area (Å²) in [6.07, 6.45) is 2.78. The van der Waals surface area contributed by atoms with Crippen LogP contribution in [0.2, 0.25) is 0 Å². The first-order valence-corrected chi connectivity index (χ1v) is 6.64. The molecule has 1 amide bonds. The number of amidine groups is 1. The Morgan fingerprint density at radius 2 is 2.25 bits per heavy atom. The van der Waals surface area contributed by atoms with Crippen LogP contribution in [0, 0.1) is 5.41 Å². The van der Waals surface area contributed by atoms with Gasteiger partial charge >= 0.3 is 0 Å². The summed E-state index contributed by atoms with van der Waals surface area (Å²) in [4.78, 5) is 11.8. The Labute approximate surface area is 96.7 Å². The van der Waals surface area contributed by atoms with E-state index < -0.39 is 16.2 Å². The SMILES string of the molecule is CC(CNC(=O)C1(C(N)=NO)CC1)S(C)=O. The number of carbonyl (C=O) groups excluding carboxylic acids is 1. The van der Waals surface area contributed by atoms with Gasteiger partial charge in [0.1, 0.15) is 5.41 Å². The molecule has 1 rings (SSSR count). The largest absolute Gasteiger partial charge is 0.409 e. The number of hydrogen-bond donors (Lipinski definition) is 3. The Bertz CT molecular complexity index is 339. The van der Waals surface area contributed by atoms with E-state index in [0.717, 1.165) is 0 Å². The van der Waals surface area contributed by atoms with E-state index in [1.807, 2.05) is 0 Å². The third kappa shape index (κ3) is 2.52. The lowest BCUT2D eigenvalue weighted by atomic mass is 10.1. The van der Waals surface area contributed by atoms with Crippen LogP contribution in [0.3, 0.4) is 0 Å². The molecule has 2 unspecified atom stereocenters. The first-order valence-electron chi connectivity index (χ1n) is 5.02. The molecule has 7 heteroatoms. The van der Waals surface area contributed by atoms with Crippen molar-refractivity contribution in [1.82, 2.24) is 5.32 Å². The van der Waals surface area contributed by atoms with Crippen molar-refractivity contribution in [2.24, 2.45) is 16.3 Å². The summed E-state index contributed by atoms with van der Waals surface area (Å²) in [5, 5.41) is 14.0. The van der Waals surface area contributed by atoms with Crippen molar-refractivity contribution in [3.05, 3.63) is 0 Å². The topological polar surface area (TPSA) is 105 Å². The molecule has 0 aromatic rings. The summed E-state index contributed by atoms with van der Waals surface area (Å²) in [7, 11) is -0.971. The number of nitrogens with zero attached hydrogens (tertiary/aromatic N) is 1. The van der Waals surface area contributed by atoms with Crippen LogP contribution in [-0.2, 0) is 15.6 Å². The summed E-state index contributed by atoms with van der Waals surface area (Å²) in [6.45, 7) is 2.13. The second kappa shape index (κ2) is 4.82. The van der Waals surface area contributed by atoms with E-state index in [2.05, 4.69) is 10.5 Å². The summed E-state index contributed by atoms with van der Waals surface area (Å²) in [5.74, 6) is -0.296. The fraction of sp³-hybridized carbons (Fsp3) is 0.778. The molecule has 1 aliphatic carbocycles. The average Bonchev–Trinajstić information content (AvgIpc) is 3.05. The Balaban J connectivity index is 2.51. The lowest BCUT2D eigenvalue weighted by Gasteiger charge is -2.15. The minimum atomic E-state index is -0.971. The highest BCUT2D eigenvalue weighted by Gasteiger charge is 2.54. The molecule has 0 bridgehead atoms. The second-order valence-corrected chi connectivity index (χ2v) is 5.89. The molecule has 1 aliphatic rings. The molecule has 0 aromatic heterocycles. The van der Waals surface area contributed by atoms with E-state index in [1.165, 1.54) is 0 Å². The average molecular weight is 247 g/mol. The molecule has 16 heavy (non-hydrogen) atoms. The molecule has 0 heterocycles. The van der Waals surface area contributed by atoms with Gasteiger partial charge in [0, 0.05) is 28.9 Å². The van der Waals surface area contributed by atoms with Gasteiger partial charge < -0.3 is 16.3 Å². The summed E-state index contributed by atoms with van der Waals surface area (Å²) in [5.41, 5.74) is 4.63. The van der Waals surface area contributed by atoms with Gasteiger partial charge in [0.2, 0.25) is 5.91 Å². The normalized spacial score (nSPS) is 22.2. The molecular weight excluding hydrogens is 230 g/mol. The Hall–Kier alpha value is -1.11. The van der Waals surface area contributed by atoms with Crippen molar-refractivity contribution >= 4 is 22.5 Å². The molecule has 0 spiro atoms. The van der Waals surface area contributed by atoms with E-state index in [-0.39, 0.29) is 17.0 Å². The van der Waals surface area contributed by atoms with Crippen LogP contribution in [0.1, 0.15) is 19.8 Å². The van der Waals surface area contributed by atoms with Gasteiger partial charge in [-0.3, -0.25) is 9.00 Å². The maximum atomic E-state index is 11.8. The fourth-order valence-electron chi connectivity index (χ4n) is 1.34. The molecule has 1 saturated carbocycles. The molecule has 0 aromatic carbocycles. The minimum absolute atomic E-state index is 0.0460. The number of hydrogen-bond acceptors (Lipinski definition) is 4. The zero-order chi connectivity index (χ0) is 12.3. The van der Waals surface area contributed by atoms with Crippen LogP contribution < -0.4 is 11.1 Å². The second-order valence-electron chi connectivity index (χ2n) is 4.09. The van der Waals surface area contributed by atoms with E-state index >= 15 is 0 Å². The third-order valence-corrected chi connectivity index (χ3v) is 4.20. The third-order valence-electron chi connectivity index (χ3n) is 2.90. The van der Waals surface area contributed by atoms with Gasteiger partial charge in [0.25, 0.3) is 0 Å². The van der Waals surface area contributed by atoms with Gasteiger partial charge in [-0.25, -0.2) is 0 Å². The van der Waals surface area contributed by atoms with Crippen LogP contribution in [0.25, 0.3) is 0 Å². The zero-order valence-corrected chi connectivity index (χ0v) is 10.2. The summed E-state index contributed by atoms with van der Waals surface area (Å²) in [6, 6.07) is 0. The Morgan fingerprint density at radius 1 is 1.69 bits per heavy atom. The van der Waals surface area contributed by atoms with Crippen LogP contribution in [0.4, 0.5) is 0 Å². The number of oxime groups is 1. The summed E-state index contributed by atoms with van der Waals surface area (Å²) >= 11 is 0. The van der Waals surface area contributed by atoms with Crippen molar-refractivity contribution in [3.8, 4) is 0 Å². The maximum Gasteiger partial charge on any atom is 0.233 e. The number of amides is 1. The molecule has 1 fully saturated rings. The predicted octanol–water partition coefficient (Wildman–Crippen LogP) is -0.604. The van der Waals surface area contributed by atoms with Gasteiger partial charge in [-0.05, 0) is 19.8 Å². The highest BCUT2D eigenvalue weighted by atomic mass is 32.2. The van der Waals surface area contributed by atoms with E-state index in [1.54, 1.807) is 13.2 Å². The van der Waals surface area contributed by atoms with Gasteiger partial charge in [0.05, 0.1) is 0 Å². The molecular formula is C9H17N3O3S. The fourth-order valence-corrected chi connectivity index (χ4v) is 1.66. The molecule has 2 atom stereocenters. The van der Waals surface area contributed by atoms with Crippen molar-refractivity contribution in [1.29, 1.82) is 0 Å². The van der Waals surface area contributed by atoms with Gasteiger partial charge in [-0.1, -0.05) is 5.16 Å². The van der Waals surface area contributed by atoms with Crippen molar-refractivity contribution in [2.45, 2.75) is 25.0 Å². The number of nitrogens with two attached hydrogens (primary N) is 1. The Kier molecular flexibility index (Phi) is 3.90. The molecule has 4 N–H and O–H groups in total. The predicted molar refractivity (Wildman–Crippen MR) is 61.6 cm³/mol. The summed E-state index contributed by atoms with van der Waals surface area (Å²) < 4.78 is 11.1. The van der Waals surface area contributed by atoms with Crippen LogP contribution in [-0.4, -0.2) is 39.2 Å².